The van der Waals surface area contributed by atoms with Gasteiger partial charge < -0.3 is 9.67 Å². The van der Waals surface area contributed by atoms with Crippen molar-refractivity contribution in [2.45, 2.75) is 20.4 Å². The fourth-order valence-corrected chi connectivity index (χ4v) is 1.16. The lowest BCUT2D eigenvalue weighted by atomic mass is 10.2. The summed E-state index contributed by atoms with van der Waals surface area (Å²) in [6.07, 6.45) is 3.27. The summed E-state index contributed by atoms with van der Waals surface area (Å²) in [5, 5.41) is 8.69. The van der Waals surface area contributed by atoms with Crippen LogP contribution in [0.4, 0.5) is 0 Å². The fourth-order valence-electron chi connectivity index (χ4n) is 1.16. The van der Waals surface area contributed by atoms with Crippen LogP contribution in [-0.2, 0) is 11.3 Å². The highest BCUT2D eigenvalue weighted by Gasteiger charge is 2.10. The van der Waals surface area contributed by atoms with Crippen LogP contribution in [0, 0.1) is 12.8 Å². The minimum absolute atomic E-state index is 0.0239. The van der Waals surface area contributed by atoms with Crippen LogP contribution in [0.25, 0.3) is 0 Å². The van der Waals surface area contributed by atoms with Crippen LogP contribution in [-0.4, -0.2) is 15.6 Å². The SMILES string of the molecule is Cc1cn(CC(C)C(=O)O)ccc1=O. The number of carboxylic acid groups (broad SMARTS) is 1. The van der Waals surface area contributed by atoms with Crippen molar-refractivity contribution < 1.29 is 9.90 Å². The highest BCUT2D eigenvalue weighted by Crippen LogP contribution is 2.00. The molecule has 4 heteroatoms. The van der Waals surface area contributed by atoms with Gasteiger partial charge in [-0.1, -0.05) is 6.92 Å². The first-order valence-corrected chi connectivity index (χ1v) is 4.40. The zero-order valence-electron chi connectivity index (χ0n) is 8.23. The van der Waals surface area contributed by atoms with E-state index in [1.165, 1.54) is 6.07 Å². The topological polar surface area (TPSA) is 59.3 Å². The first-order chi connectivity index (χ1) is 6.50. The molecule has 0 spiro atoms. The standard InChI is InChI=1S/C10H13NO3/c1-7-5-11(4-3-9(7)12)6-8(2)10(13)14/h3-5,8H,6H2,1-2H3,(H,13,14). The first kappa shape index (κ1) is 10.5. The Morgan fingerprint density at radius 3 is 2.79 bits per heavy atom. The molecule has 1 aromatic heterocycles. The number of aliphatic carboxylic acids is 1. The van der Waals surface area contributed by atoms with Gasteiger partial charge in [0.25, 0.3) is 0 Å². The average molecular weight is 195 g/mol. The smallest absolute Gasteiger partial charge is 0.308 e. The molecule has 1 rings (SSSR count). The molecule has 0 fully saturated rings. The van der Waals surface area contributed by atoms with E-state index < -0.39 is 11.9 Å². The van der Waals surface area contributed by atoms with Gasteiger partial charge in [0.05, 0.1) is 5.92 Å². The van der Waals surface area contributed by atoms with Gasteiger partial charge in [0.1, 0.15) is 0 Å². The lowest BCUT2D eigenvalue weighted by Gasteiger charge is -2.09. The van der Waals surface area contributed by atoms with Gasteiger partial charge in [0, 0.05) is 30.6 Å². The molecular weight excluding hydrogens is 182 g/mol. The lowest BCUT2D eigenvalue weighted by molar-refractivity contribution is -0.141. The summed E-state index contributed by atoms with van der Waals surface area (Å²) in [5.74, 6) is -1.28. The van der Waals surface area contributed by atoms with Crippen molar-refractivity contribution in [2.75, 3.05) is 0 Å². The summed E-state index contributed by atoms with van der Waals surface area (Å²) in [5.41, 5.74) is 0.606. The van der Waals surface area contributed by atoms with Crippen molar-refractivity contribution in [1.82, 2.24) is 4.57 Å². The quantitative estimate of drug-likeness (QED) is 0.778. The van der Waals surface area contributed by atoms with Crippen LogP contribution < -0.4 is 5.43 Å². The summed E-state index contributed by atoms with van der Waals surface area (Å²) in [6.45, 7) is 3.73. The average Bonchev–Trinajstić information content (AvgIpc) is 2.11. The molecule has 0 radical (unpaired) electrons. The fraction of sp³-hybridized carbons (Fsp3) is 0.400. The number of rotatable bonds is 3. The van der Waals surface area contributed by atoms with Crippen molar-refractivity contribution >= 4 is 5.97 Å². The van der Waals surface area contributed by atoms with E-state index in [4.69, 9.17) is 5.11 Å². The van der Waals surface area contributed by atoms with Crippen molar-refractivity contribution in [3.05, 3.63) is 34.2 Å². The molecule has 1 atom stereocenters. The van der Waals surface area contributed by atoms with E-state index in [1.807, 2.05) is 0 Å². The molecule has 4 nitrogen and oxygen atoms in total. The molecule has 0 saturated heterocycles. The van der Waals surface area contributed by atoms with E-state index in [1.54, 1.807) is 30.8 Å². The number of aromatic nitrogens is 1. The largest absolute Gasteiger partial charge is 0.481 e. The van der Waals surface area contributed by atoms with Gasteiger partial charge in [-0.25, -0.2) is 0 Å². The van der Waals surface area contributed by atoms with E-state index in [0.29, 0.717) is 12.1 Å². The van der Waals surface area contributed by atoms with E-state index in [9.17, 15) is 9.59 Å². The zero-order chi connectivity index (χ0) is 10.7. The van der Waals surface area contributed by atoms with Crippen molar-refractivity contribution in [1.29, 1.82) is 0 Å². The first-order valence-electron chi connectivity index (χ1n) is 4.40. The van der Waals surface area contributed by atoms with Crippen LogP contribution in [0.2, 0.25) is 0 Å². The van der Waals surface area contributed by atoms with Crippen LogP contribution in [0.3, 0.4) is 0 Å². The predicted octanol–water partition coefficient (Wildman–Crippen LogP) is 0.877. The summed E-state index contributed by atoms with van der Waals surface area (Å²) in [6, 6.07) is 1.45. The molecule has 0 saturated carbocycles. The molecule has 0 bridgehead atoms. The number of carbonyl (C=O) groups is 1. The van der Waals surface area contributed by atoms with Gasteiger partial charge in [0.15, 0.2) is 5.43 Å². The summed E-state index contributed by atoms with van der Waals surface area (Å²) < 4.78 is 1.72. The van der Waals surface area contributed by atoms with E-state index in [2.05, 4.69) is 0 Å². The number of aryl methyl sites for hydroxylation is 1. The van der Waals surface area contributed by atoms with Crippen LogP contribution >= 0.6 is 0 Å². The molecule has 1 N–H and O–H groups in total. The normalized spacial score (nSPS) is 12.4. The Bertz CT molecular complexity index is 395. The second-order valence-corrected chi connectivity index (χ2v) is 3.43. The number of carboxylic acids is 1. The van der Waals surface area contributed by atoms with Gasteiger partial charge in [-0.05, 0) is 6.92 Å². The molecule has 0 aromatic carbocycles. The Balaban J connectivity index is 2.83. The Labute approximate surface area is 81.8 Å². The number of nitrogens with zero attached hydrogens (tertiary/aromatic N) is 1. The summed E-state index contributed by atoms with van der Waals surface area (Å²) in [4.78, 5) is 21.6. The van der Waals surface area contributed by atoms with E-state index >= 15 is 0 Å². The predicted molar refractivity (Wildman–Crippen MR) is 52.2 cm³/mol. The maximum absolute atomic E-state index is 11.1. The van der Waals surface area contributed by atoms with E-state index in [-0.39, 0.29) is 5.43 Å². The molecule has 1 unspecified atom stereocenters. The molecule has 0 aliphatic carbocycles. The van der Waals surface area contributed by atoms with Crippen molar-refractivity contribution in [3.63, 3.8) is 0 Å². The van der Waals surface area contributed by atoms with E-state index in [0.717, 1.165) is 0 Å². The zero-order valence-corrected chi connectivity index (χ0v) is 8.23. The third kappa shape index (κ3) is 2.45. The number of hydrogen-bond donors (Lipinski definition) is 1. The molecule has 14 heavy (non-hydrogen) atoms. The Hall–Kier alpha value is -1.58. The minimum Gasteiger partial charge on any atom is -0.481 e. The van der Waals surface area contributed by atoms with Gasteiger partial charge in [0.2, 0.25) is 0 Å². The Morgan fingerprint density at radius 2 is 2.29 bits per heavy atom. The molecule has 1 aromatic rings. The number of pyridine rings is 1. The minimum atomic E-state index is -0.832. The van der Waals surface area contributed by atoms with Crippen molar-refractivity contribution in [2.24, 2.45) is 5.92 Å². The summed E-state index contributed by atoms with van der Waals surface area (Å²) >= 11 is 0. The third-order valence-electron chi connectivity index (χ3n) is 2.07. The van der Waals surface area contributed by atoms with Gasteiger partial charge >= 0.3 is 5.97 Å². The highest BCUT2D eigenvalue weighted by molar-refractivity contribution is 5.69. The van der Waals surface area contributed by atoms with Gasteiger partial charge in [-0.2, -0.15) is 0 Å². The molecule has 0 amide bonds. The van der Waals surface area contributed by atoms with Crippen molar-refractivity contribution in [3.8, 4) is 0 Å². The summed E-state index contributed by atoms with van der Waals surface area (Å²) in [7, 11) is 0. The molecule has 1 heterocycles. The molecule has 0 aliphatic rings. The maximum atomic E-state index is 11.1. The Kier molecular flexibility index (Phi) is 3.06. The van der Waals surface area contributed by atoms with Gasteiger partial charge in [-0.15, -0.1) is 0 Å². The maximum Gasteiger partial charge on any atom is 0.308 e. The lowest BCUT2D eigenvalue weighted by Crippen LogP contribution is -2.18. The van der Waals surface area contributed by atoms with Crippen LogP contribution in [0.5, 0.6) is 0 Å². The highest BCUT2D eigenvalue weighted by atomic mass is 16.4. The van der Waals surface area contributed by atoms with Crippen LogP contribution in [0.15, 0.2) is 23.3 Å². The third-order valence-corrected chi connectivity index (χ3v) is 2.07. The molecule has 76 valence electrons. The van der Waals surface area contributed by atoms with Crippen LogP contribution in [0.1, 0.15) is 12.5 Å². The Morgan fingerprint density at radius 1 is 1.64 bits per heavy atom. The number of hydrogen-bond acceptors (Lipinski definition) is 2. The molecular formula is C10H13NO3. The second-order valence-electron chi connectivity index (χ2n) is 3.43. The second kappa shape index (κ2) is 4.09. The monoisotopic (exact) mass is 195 g/mol. The molecule has 0 aliphatic heterocycles. The van der Waals surface area contributed by atoms with Gasteiger partial charge in [-0.3, -0.25) is 9.59 Å².